The molecule has 0 aliphatic carbocycles. The van der Waals surface area contributed by atoms with Crippen LogP contribution in [-0.4, -0.2) is 46.1 Å². The van der Waals surface area contributed by atoms with Crippen LogP contribution in [0.15, 0.2) is 18.2 Å². The van der Waals surface area contributed by atoms with Crippen molar-refractivity contribution in [2.24, 2.45) is 0 Å². The third kappa shape index (κ3) is 2.96. The van der Waals surface area contributed by atoms with Crippen molar-refractivity contribution >= 4 is 11.8 Å². The Kier molecular flexibility index (Phi) is 3.59. The van der Waals surface area contributed by atoms with E-state index in [2.05, 4.69) is 5.32 Å². The van der Waals surface area contributed by atoms with Gasteiger partial charge in [-0.25, -0.2) is 0 Å². The highest BCUT2D eigenvalue weighted by Gasteiger charge is 2.27. The van der Waals surface area contributed by atoms with Gasteiger partial charge in [0.2, 0.25) is 5.91 Å². The number of rotatable bonds is 2. The molecule has 0 saturated carbocycles. The molecule has 6 nitrogen and oxygen atoms in total. The van der Waals surface area contributed by atoms with Crippen molar-refractivity contribution in [3.8, 4) is 11.5 Å². The Balaban J connectivity index is 2.04. The van der Waals surface area contributed by atoms with Gasteiger partial charge in [0, 0.05) is 31.6 Å². The molecule has 1 aliphatic rings. The van der Waals surface area contributed by atoms with E-state index in [9.17, 15) is 19.8 Å². The van der Waals surface area contributed by atoms with Gasteiger partial charge in [0.25, 0.3) is 5.91 Å². The van der Waals surface area contributed by atoms with Crippen LogP contribution >= 0.6 is 0 Å². The monoisotopic (exact) mass is 264 g/mol. The number of benzene rings is 1. The van der Waals surface area contributed by atoms with E-state index in [0.717, 1.165) is 6.42 Å². The molecule has 1 aromatic carbocycles. The lowest BCUT2D eigenvalue weighted by atomic mass is 10.2. The van der Waals surface area contributed by atoms with Crippen molar-refractivity contribution in [2.45, 2.75) is 19.4 Å². The summed E-state index contributed by atoms with van der Waals surface area (Å²) in [5.41, 5.74) is 0.318. The third-order valence-electron chi connectivity index (χ3n) is 3.11. The zero-order valence-corrected chi connectivity index (χ0v) is 10.6. The van der Waals surface area contributed by atoms with Gasteiger partial charge in [0.05, 0.1) is 0 Å². The van der Waals surface area contributed by atoms with Crippen LogP contribution in [0.5, 0.6) is 11.5 Å². The first kappa shape index (κ1) is 13.2. The second kappa shape index (κ2) is 5.17. The number of likely N-dealkylation sites (tertiary alicyclic amines) is 1. The topological polar surface area (TPSA) is 89.9 Å². The molecule has 1 unspecified atom stereocenters. The molecule has 6 heteroatoms. The van der Waals surface area contributed by atoms with Gasteiger partial charge in [-0.15, -0.1) is 0 Å². The molecule has 3 N–H and O–H groups in total. The Labute approximate surface area is 110 Å². The number of hydrogen-bond donors (Lipinski definition) is 3. The van der Waals surface area contributed by atoms with Crippen molar-refractivity contribution in [3.05, 3.63) is 23.8 Å². The van der Waals surface area contributed by atoms with Crippen LogP contribution in [0, 0.1) is 0 Å². The number of aromatic hydroxyl groups is 2. The quantitative estimate of drug-likeness (QED) is 0.676. The van der Waals surface area contributed by atoms with E-state index >= 15 is 0 Å². The number of phenols is 2. The molecule has 2 rings (SSSR count). The van der Waals surface area contributed by atoms with Crippen LogP contribution in [0.1, 0.15) is 23.7 Å². The van der Waals surface area contributed by atoms with Gasteiger partial charge in [-0.2, -0.15) is 0 Å². The molecule has 1 atom stereocenters. The fourth-order valence-corrected chi connectivity index (χ4v) is 2.19. The molecular weight excluding hydrogens is 248 g/mol. The van der Waals surface area contributed by atoms with Crippen LogP contribution in [0.3, 0.4) is 0 Å². The lowest BCUT2D eigenvalue weighted by molar-refractivity contribution is -0.119. The Bertz CT molecular complexity index is 515. The number of amides is 2. The SMILES string of the molecule is CC(=O)NC1CCN(C(=O)c2ccc(O)c(O)c2)C1. The standard InChI is InChI=1S/C13H16N2O4/c1-8(16)14-10-4-5-15(7-10)13(19)9-2-3-11(17)12(18)6-9/h2-3,6,10,17-18H,4-5,7H2,1H3,(H,14,16). The van der Waals surface area contributed by atoms with Crippen molar-refractivity contribution in [1.82, 2.24) is 10.2 Å². The number of carbonyl (C=O) groups excluding carboxylic acids is 2. The van der Waals surface area contributed by atoms with E-state index in [1.54, 1.807) is 4.90 Å². The second-order valence-electron chi connectivity index (χ2n) is 4.64. The third-order valence-corrected chi connectivity index (χ3v) is 3.11. The van der Waals surface area contributed by atoms with Gasteiger partial charge in [-0.1, -0.05) is 0 Å². The first-order valence-electron chi connectivity index (χ1n) is 6.05. The van der Waals surface area contributed by atoms with Crippen LogP contribution < -0.4 is 5.32 Å². The van der Waals surface area contributed by atoms with Crippen LogP contribution in [0.2, 0.25) is 0 Å². The normalized spacial score (nSPS) is 18.4. The maximum absolute atomic E-state index is 12.2. The van der Waals surface area contributed by atoms with Gasteiger partial charge in [0.1, 0.15) is 0 Å². The van der Waals surface area contributed by atoms with Crippen molar-refractivity contribution < 1.29 is 19.8 Å². The number of nitrogens with one attached hydrogen (secondary N) is 1. The number of carbonyl (C=O) groups is 2. The molecule has 0 aromatic heterocycles. The summed E-state index contributed by atoms with van der Waals surface area (Å²) >= 11 is 0. The van der Waals surface area contributed by atoms with Gasteiger partial charge in [-0.3, -0.25) is 9.59 Å². The predicted octanol–water partition coefficient (Wildman–Crippen LogP) is 0.448. The van der Waals surface area contributed by atoms with Crippen molar-refractivity contribution in [3.63, 3.8) is 0 Å². The summed E-state index contributed by atoms with van der Waals surface area (Å²) in [5.74, 6) is -0.901. The lowest BCUT2D eigenvalue weighted by Gasteiger charge is -2.17. The zero-order chi connectivity index (χ0) is 14.0. The molecule has 1 fully saturated rings. The molecule has 1 heterocycles. The molecule has 0 radical (unpaired) electrons. The van der Waals surface area contributed by atoms with Gasteiger partial charge >= 0.3 is 0 Å². The minimum absolute atomic E-state index is 0.0211. The van der Waals surface area contributed by atoms with Gasteiger partial charge in [-0.05, 0) is 24.6 Å². The summed E-state index contributed by atoms with van der Waals surface area (Å²) < 4.78 is 0. The van der Waals surface area contributed by atoms with E-state index in [1.165, 1.54) is 25.1 Å². The molecule has 1 saturated heterocycles. The van der Waals surface area contributed by atoms with Crippen LogP contribution in [0.25, 0.3) is 0 Å². The molecule has 1 aromatic rings. The van der Waals surface area contributed by atoms with Crippen LogP contribution in [0.4, 0.5) is 0 Å². The average molecular weight is 264 g/mol. The number of phenolic OH excluding ortho intramolecular Hbond substituents is 2. The first-order chi connectivity index (χ1) is 8.97. The molecule has 19 heavy (non-hydrogen) atoms. The second-order valence-corrected chi connectivity index (χ2v) is 4.64. The van der Waals surface area contributed by atoms with E-state index < -0.39 is 0 Å². The van der Waals surface area contributed by atoms with E-state index in [4.69, 9.17) is 0 Å². The number of nitrogens with zero attached hydrogens (tertiary/aromatic N) is 1. The Morgan fingerprint density at radius 2 is 2.05 bits per heavy atom. The smallest absolute Gasteiger partial charge is 0.254 e. The summed E-state index contributed by atoms with van der Waals surface area (Å²) in [7, 11) is 0. The minimum atomic E-state index is -0.316. The maximum Gasteiger partial charge on any atom is 0.254 e. The van der Waals surface area contributed by atoms with E-state index in [0.29, 0.717) is 18.7 Å². The Hall–Kier alpha value is -2.24. The highest BCUT2D eigenvalue weighted by molar-refractivity contribution is 5.95. The first-order valence-corrected chi connectivity index (χ1v) is 6.05. The minimum Gasteiger partial charge on any atom is -0.504 e. The highest BCUT2D eigenvalue weighted by atomic mass is 16.3. The molecule has 0 spiro atoms. The Morgan fingerprint density at radius 3 is 2.68 bits per heavy atom. The Morgan fingerprint density at radius 1 is 1.32 bits per heavy atom. The zero-order valence-electron chi connectivity index (χ0n) is 10.6. The van der Waals surface area contributed by atoms with E-state index in [1.807, 2.05) is 0 Å². The molecule has 1 aliphatic heterocycles. The summed E-state index contributed by atoms with van der Waals surface area (Å²) in [5, 5.41) is 21.4. The number of hydrogen-bond acceptors (Lipinski definition) is 4. The highest BCUT2D eigenvalue weighted by Crippen LogP contribution is 2.26. The summed E-state index contributed by atoms with van der Waals surface area (Å²) in [6, 6.07) is 3.96. The average Bonchev–Trinajstić information content (AvgIpc) is 2.79. The molecule has 2 amide bonds. The van der Waals surface area contributed by atoms with Crippen molar-refractivity contribution in [2.75, 3.05) is 13.1 Å². The maximum atomic E-state index is 12.2. The molecule has 102 valence electrons. The van der Waals surface area contributed by atoms with E-state index in [-0.39, 0.29) is 29.4 Å². The summed E-state index contributed by atoms with van der Waals surface area (Å²) in [6.45, 7) is 2.47. The fourth-order valence-electron chi connectivity index (χ4n) is 2.19. The van der Waals surface area contributed by atoms with Gasteiger partial charge in [0.15, 0.2) is 11.5 Å². The summed E-state index contributed by atoms with van der Waals surface area (Å²) in [4.78, 5) is 24.7. The predicted molar refractivity (Wildman–Crippen MR) is 67.9 cm³/mol. The lowest BCUT2D eigenvalue weighted by Crippen LogP contribution is -2.37. The summed E-state index contributed by atoms with van der Waals surface area (Å²) in [6.07, 6.45) is 0.718. The van der Waals surface area contributed by atoms with Crippen LogP contribution in [-0.2, 0) is 4.79 Å². The van der Waals surface area contributed by atoms with Crippen molar-refractivity contribution in [1.29, 1.82) is 0 Å². The molecule has 0 bridgehead atoms. The fraction of sp³-hybridized carbons (Fsp3) is 0.385. The largest absolute Gasteiger partial charge is 0.504 e. The molecular formula is C13H16N2O4. The van der Waals surface area contributed by atoms with Gasteiger partial charge < -0.3 is 20.4 Å².